The van der Waals surface area contributed by atoms with Crippen molar-refractivity contribution in [3.05, 3.63) is 89.6 Å². The molecule has 2 heteroatoms. The molecule has 0 saturated heterocycles. The van der Waals surface area contributed by atoms with Gasteiger partial charge in [0.1, 0.15) is 18.2 Å². The van der Waals surface area contributed by atoms with Crippen molar-refractivity contribution in [1.82, 2.24) is 0 Å². The highest BCUT2D eigenvalue weighted by atomic mass is 16.3. The summed E-state index contributed by atoms with van der Waals surface area (Å²) in [7, 11) is 2.10. The molecule has 0 amide bonds. The molecule has 34 heavy (non-hydrogen) atoms. The molecule has 1 aliphatic carbocycles. The van der Waals surface area contributed by atoms with E-state index in [0.29, 0.717) is 0 Å². The summed E-state index contributed by atoms with van der Waals surface area (Å²) in [6.45, 7) is 4.37. The number of furan rings is 1. The Labute approximate surface area is 201 Å². The molecule has 5 aromatic rings. The van der Waals surface area contributed by atoms with Crippen LogP contribution in [0.1, 0.15) is 54.7 Å². The molecule has 1 fully saturated rings. The number of hydrogen-bond donors (Lipinski definition) is 0. The SMILES string of the molecule is Cc1ccc2c(oc3c(-c4cccc[n+]4C)c(C)ccc32)c1-c1ccc(C2CCCCC2)cc1. The Hall–Kier alpha value is -3.39. The van der Waals surface area contributed by atoms with Gasteiger partial charge in [-0.1, -0.05) is 67.8 Å². The van der Waals surface area contributed by atoms with Crippen LogP contribution in [0.4, 0.5) is 0 Å². The summed E-state index contributed by atoms with van der Waals surface area (Å²) in [6, 6.07) is 24.6. The lowest BCUT2D eigenvalue weighted by Crippen LogP contribution is -2.30. The van der Waals surface area contributed by atoms with E-state index in [1.165, 1.54) is 82.0 Å². The van der Waals surface area contributed by atoms with Crippen LogP contribution in [0.15, 0.2) is 77.3 Å². The van der Waals surface area contributed by atoms with Crippen LogP contribution >= 0.6 is 0 Å². The number of rotatable bonds is 3. The molecule has 0 N–H and O–H groups in total. The monoisotopic (exact) mass is 446 g/mol. The van der Waals surface area contributed by atoms with E-state index in [9.17, 15) is 0 Å². The van der Waals surface area contributed by atoms with Gasteiger partial charge in [-0.05, 0) is 60.9 Å². The maximum atomic E-state index is 6.77. The summed E-state index contributed by atoms with van der Waals surface area (Å²) in [4.78, 5) is 0. The van der Waals surface area contributed by atoms with Crippen LogP contribution in [0, 0.1) is 13.8 Å². The molecule has 0 bridgehead atoms. The third kappa shape index (κ3) is 3.44. The minimum atomic E-state index is 0.725. The van der Waals surface area contributed by atoms with Gasteiger partial charge in [0, 0.05) is 28.5 Å². The molecule has 1 aliphatic rings. The van der Waals surface area contributed by atoms with Gasteiger partial charge in [-0.15, -0.1) is 0 Å². The van der Waals surface area contributed by atoms with E-state index >= 15 is 0 Å². The summed E-state index contributed by atoms with van der Waals surface area (Å²) in [5, 5.41) is 2.37. The maximum Gasteiger partial charge on any atom is 0.216 e. The minimum absolute atomic E-state index is 0.725. The van der Waals surface area contributed by atoms with Gasteiger partial charge in [-0.25, -0.2) is 4.57 Å². The summed E-state index contributed by atoms with van der Waals surface area (Å²) in [5.41, 5.74) is 10.7. The molecule has 0 unspecified atom stereocenters. The first kappa shape index (κ1) is 21.2. The topological polar surface area (TPSA) is 17.0 Å². The molecular weight excluding hydrogens is 414 g/mol. The highest BCUT2D eigenvalue weighted by Crippen LogP contribution is 2.42. The van der Waals surface area contributed by atoms with E-state index < -0.39 is 0 Å². The van der Waals surface area contributed by atoms with Crippen LogP contribution in [-0.4, -0.2) is 0 Å². The van der Waals surface area contributed by atoms with Gasteiger partial charge in [0.05, 0.1) is 5.56 Å². The minimum Gasteiger partial charge on any atom is -0.454 e. The van der Waals surface area contributed by atoms with Gasteiger partial charge >= 0.3 is 0 Å². The molecule has 0 atom stereocenters. The second kappa shape index (κ2) is 8.43. The zero-order valence-corrected chi connectivity index (χ0v) is 20.4. The molecule has 2 heterocycles. The van der Waals surface area contributed by atoms with Gasteiger partial charge in [-0.3, -0.25) is 0 Å². The zero-order valence-electron chi connectivity index (χ0n) is 20.4. The average Bonchev–Trinajstić information content (AvgIpc) is 3.24. The van der Waals surface area contributed by atoms with Crippen molar-refractivity contribution in [3.8, 4) is 22.4 Å². The number of benzene rings is 3. The van der Waals surface area contributed by atoms with Crippen molar-refractivity contribution < 1.29 is 8.98 Å². The van der Waals surface area contributed by atoms with Gasteiger partial charge < -0.3 is 4.42 Å². The van der Waals surface area contributed by atoms with Gasteiger partial charge in [0.25, 0.3) is 0 Å². The maximum absolute atomic E-state index is 6.77. The van der Waals surface area contributed by atoms with Crippen molar-refractivity contribution in [2.45, 2.75) is 51.9 Å². The van der Waals surface area contributed by atoms with E-state index in [4.69, 9.17) is 4.42 Å². The van der Waals surface area contributed by atoms with Crippen molar-refractivity contribution in [3.63, 3.8) is 0 Å². The molecular formula is C32H32NO+. The van der Waals surface area contributed by atoms with Crippen molar-refractivity contribution in [1.29, 1.82) is 0 Å². The Kier molecular flexibility index (Phi) is 5.25. The quantitative estimate of drug-likeness (QED) is 0.254. The lowest BCUT2D eigenvalue weighted by molar-refractivity contribution is -0.660. The van der Waals surface area contributed by atoms with Crippen LogP contribution in [0.25, 0.3) is 44.3 Å². The summed E-state index contributed by atoms with van der Waals surface area (Å²) in [5.74, 6) is 0.725. The normalized spacial score (nSPS) is 14.8. The van der Waals surface area contributed by atoms with Crippen LogP contribution in [0.5, 0.6) is 0 Å². The molecule has 6 rings (SSSR count). The Morgan fingerprint density at radius 1 is 0.706 bits per heavy atom. The summed E-state index contributed by atoms with van der Waals surface area (Å²) >= 11 is 0. The van der Waals surface area contributed by atoms with Crippen LogP contribution in [0.2, 0.25) is 0 Å². The fourth-order valence-corrected chi connectivity index (χ4v) is 5.92. The molecule has 1 saturated carbocycles. The number of fused-ring (bicyclic) bond motifs is 3. The third-order valence-corrected chi connectivity index (χ3v) is 7.81. The second-order valence-electron chi connectivity index (χ2n) is 10.0. The first-order valence-corrected chi connectivity index (χ1v) is 12.6. The first-order valence-electron chi connectivity index (χ1n) is 12.6. The Morgan fingerprint density at radius 2 is 1.35 bits per heavy atom. The van der Waals surface area contributed by atoms with E-state index in [2.05, 4.69) is 98.4 Å². The Balaban J connectivity index is 1.54. The second-order valence-corrected chi connectivity index (χ2v) is 10.0. The van der Waals surface area contributed by atoms with Gasteiger partial charge in [-0.2, -0.15) is 0 Å². The standard InChI is InChI=1S/C32H32NO/c1-21-12-18-26-27-19-13-22(2)30(28-11-7-8-20-33(28)3)32(27)34-31(26)29(21)25-16-14-24(15-17-25)23-9-5-4-6-10-23/h7-8,11-20,23H,4-6,9-10H2,1-3H3/q+1. The number of pyridine rings is 1. The predicted octanol–water partition coefficient (Wildman–Crippen LogP) is 8.41. The summed E-state index contributed by atoms with van der Waals surface area (Å²) < 4.78 is 8.95. The molecule has 3 aromatic carbocycles. The Bertz CT molecular complexity index is 1500. The fourth-order valence-electron chi connectivity index (χ4n) is 5.92. The molecule has 170 valence electrons. The number of nitrogens with zero attached hydrogens (tertiary/aromatic N) is 1. The van der Waals surface area contributed by atoms with Crippen molar-refractivity contribution in [2.75, 3.05) is 0 Å². The number of hydrogen-bond acceptors (Lipinski definition) is 1. The van der Waals surface area contributed by atoms with Crippen molar-refractivity contribution >= 4 is 21.9 Å². The lowest BCUT2D eigenvalue weighted by Gasteiger charge is -2.22. The molecule has 0 aliphatic heterocycles. The first-order chi connectivity index (χ1) is 16.6. The third-order valence-electron chi connectivity index (χ3n) is 7.81. The van der Waals surface area contributed by atoms with Crippen LogP contribution in [-0.2, 0) is 7.05 Å². The molecule has 0 spiro atoms. The lowest BCUT2D eigenvalue weighted by atomic mass is 9.83. The average molecular weight is 447 g/mol. The Morgan fingerprint density at radius 3 is 2.03 bits per heavy atom. The highest BCUT2D eigenvalue weighted by molar-refractivity contribution is 6.13. The predicted molar refractivity (Wildman–Crippen MR) is 141 cm³/mol. The van der Waals surface area contributed by atoms with Gasteiger partial charge in [0.2, 0.25) is 5.69 Å². The zero-order chi connectivity index (χ0) is 23.2. The van der Waals surface area contributed by atoms with E-state index in [1.54, 1.807) is 0 Å². The van der Waals surface area contributed by atoms with E-state index in [-0.39, 0.29) is 0 Å². The molecule has 0 radical (unpaired) electrons. The van der Waals surface area contributed by atoms with E-state index in [0.717, 1.165) is 17.1 Å². The molecule has 2 aromatic heterocycles. The van der Waals surface area contributed by atoms with Crippen LogP contribution < -0.4 is 4.57 Å². The summed E-state index contributed by atoms with van der Waals surface area (Å²) in [6.07, 6.45) is 8.88. The van der Waals surface area contributed by atoms with Gasteiger partial charge in [0.15, 0.2) is 6.20 Å². The number of aromatic nitrogens is 1. The van der Waals surface area contributed by atoms with Crippen molar-refractivity contribution in [2.24, 2.45) is 7.05 Å². The smallest absolute Gasteiger partial charge is 0.216 e. The number of aryl methyl sites for hydroxylation is 3. The largest absolute Gasteiger partial charge is 0.454 e. The molecule has 2 nitrogen and oxygen atoms in total. The fraction of sp³-hybridized carbons (Fsp3) is 0.281. The van der Waals surface area contributed by atoms with Crippen LogP contribution in [0.3, 0.4) is 0 Å². The highest BCUT2D eigenvalue weighted by Gasteiger charge is 2.22. The van der Waals surface area contributed by atoms with E-state index in [1.807, 2.05) is 0 Å².